The number of methoxy groups -OCH3 is 1. The molecule has 0 saturated carbocycles. The van der Waals surface area contributed by atoms with Crippen LogP contribution in [0, 0.1) is 5.92 Å². The first-order chi connectivity index (χ1) is 13.1. The van der Waals surface area contributed by atoms with Crippen LogP contribution in [0.3, 0.4) is 0 Å². The van der Waals surface area contributed by atoms with E-state index in [9.17, 15) is 4.79 Å². The predicted octanol–water partition coefficient (Wildman–Crippen LogP) is 3.60. The number of likely N-dealkylation sites (tertiary alicyclic amines) is 1. The number of piperidine rings is 1. The van der Waals surface area contributed by atoms with Crippen molar-refractivity contribution in [1.82, 2.24) is 19.7 Å². The molecule has 1 amide bonds. The summed E-state index contributed by atoms with van der Waals surface area (Å²) in [5.74, 6) is 1.87. The Labute approximate surface area is 169 Å². The summed E-state index contributed by atoms with van der Waals surface area (Å²) in [7, 11) is 1.67. The lowest BCUT2D eigenvalue weighted by Crippen LogP contribution is -2.40. The molecule has 0 radical (unpaired) electrons. The molecule has 0 aliphatic carbocycles. The van der Waals surface area contributed by atoms with Crippen LogP contribution in [-0.2, 0) is 16.1 Å². The predicted molar refractivity (Wildman–Crippen MR) is 108 cm³/mol. The van der Waals surface area contributed by atoms with Crippen molar-refractivity contribution in [3.05, 3.63) is 29.3 Å². The molecule has 1 aromatic carbocycles. The van der Waals surface area contributed by atoms with E-state index in [4.69, 9.17) is 16.3 Å². The minimum absolute atomic E-state index is 0.167. The molecule has 1 aliphatic heterocycles. The van der Waals surface area contributed by atoms with Crippen molar-refractivity contribution in [3.8, 4) is 11.4 Å². The van der Waals surface area contributed by atoms with Gasteiger partial charge < -0.3 is 9.64 Å². The molecule has 2 heterocycles. The quantitative estimate of drug-likeness (QED) is 0.655. The highest BCUT2D eigenvalue weighted by molar-refractivity contribution is 7.99. The van der Waals surface area contributed by atoms with Crippen LogP contribution in [0.4, 0.5) is 0 Å². The van der Waals surface area contributed by atoms with E-state index in [0.717, 1.165) is 36.1 Å². The monoisotopic (exact) mass is 408 g/mol. The molecule has 6 nitrogen and oxygen atoms in total. The van der Waals surface area contributed by atoms with E-state index in [0.29, 0.717) is 29.8 Å². The van der Waals surface area contributed by atoms with Gasteiger partial charge in [-0.1, -0.05) is 30.3 Å². The summed E-state index contributed by atoms with van der Waals surface area (Å²) in [6.07, 6.45) is 2.29. The highest BCUT2D eigenvalue weighted by atomic mass is 35.5. The van der Waals surface area contributed by atoms with E-state index >= 15 is 0 Å². The summed E-state index contributed by atoms with van der Waals surface area (Å²) < 4.78 is 7.23. The number of rotatable bonds is 7. The van der Waals surface area contributed by atoms with Gasteiger partial charge in [-0.2, -0.15) is 0 Å². The lowest BCUT2D eigenvalue weighted by Gasteiger charge is -2.30. The molecule has 146 valence electrons. The van der Waals surface area contributed by atoms with E-state index in [-0.39, 0.29) is 5.91 Å². The Kier molecular flexibility index (Phi) is 7.15. The number of ether oxygens (including phenoxy) is 1. The van der Waals surface area contributed by atoms with Crippen LogP contribution in [0.2, 0.25) is 5.02 Å². The fourth-order valence-electron chi connectivity index (χ4n) is 3.23. The molecule has 2 aromatic rings. The minimum Gasteiger partial charge on any atom is -0.383 e. The van der Waals surface area contributed by atoms with Crippen molar-refractivity contribution in [1.29, 1.82) is 0 Å². The van der Waals surface area contributed by atoms with Crippen LogP contribution in [0.1, 0.15) is 19.8 Å². The summed E-state index contributed by atoms with van der Waals surface area (Å²) in [6, 6.07) is 7.51. The number of carbonyl (C=O) groups excluding carboxylic acids is 1. The SMILES string of the molecule is COCCn1c(SCC(=O)N2CCC[C@H](C)C2)nnc1-c1ccc(Cl)cc1. The van der Waals surface area contributed by atoms with Crippen molar-refractivity contribution in [2.24, 2.45) is 5.92 Å². The summed E-state index contributed by atoms with van der Waals surface area (Å²) >= 11 is 7.42. The van der Waals surface area contributed by atoms with Gasteiger partial charge in [0.1, 0.15) is 0 Å². The van der Waals surface area contributed by atoms with Gasteiger partial charge in [-0.3, -0.25) is 9.36 Å². The van der Waals surface area contributed by atoms with Gasteiger partial charge in [0, 0.05) is 30.8 Å². The molecule has 1 aromatic heterocycles. The molecular formula is C19H25ClN4O2S. The summed E-state index contributed by atoms with van der Waals surface area (Å²) in [5, 5.41) is 10.1. The zero-order valence-electron chi connectivity index (χ0n) is 15.7. The van der Waals surface area contributed by atoms with Crippen LogP contribution < -0.4 is 0 Å². The topological polar surface area (TPSA) is 60.2 Å². The van der Waals surface area contributed by atoms with Crippen molar-refractivity contribution >= 4 is 29.3 Å². The third-order valence-electron chi connectivity index (χ3n) is 4.67. The molecule has 0 unspecified atom stereocenters. The number of thioether (sulfide) groups is 1. The summed E-state index contributed by atoms with van der Waals surface area (Å²) in [4.78, 5) is 14.5. The van der Waals surface area contributed by atoms with E-state index in [1.54, 1.807) is 7.11 Å². The van der Waals surface area contributed by atoms with Gasteiger partial charge in [0.15, 0.2) is 11.0 Å². The number of nitrogens with zero attached hydrogens (tertiary/aromatic N) is 4. The number of halogens is 1. The normalized spacial score (nSPS) is 17.3. The van der Waals surface area contributed by atoms with Gasteiger partial charge in [0.05, 0.1) is 18.9 Å². The van der Waals surface area contributed by atoms with Crippen LogP contribution in [0.15, 0.2) is 29.4 Å². The van der Waals surface area contributed by atoms with Crippen molar-refractivity contribution in [3.63, 3.8) is 0 Å². The highest BCUT2D eigenvalue weighted by Crippen LogP contribution is 2.26. The first-order valence-corrected chi connectivity index (χ1v) is 10.5. The second-order valence-corrected chi connectivity index (χ2v) is 8.21. The van der Waals surface area contributed by atoms with E-state index in [1.807, 2.05) is 33.7 Å². The standard InChI is InChI=1S/C19H25ClN4O2S/c1-14-4-3-9-23(12-14)17(25)13-27-19-22-21-18(24(19)10-11-26-2)15-5-7-16(20)8-6-15/h5-8,14H,3-4,9-13H2,1-2H3/t14-/m0/s1. The Bertz CT molecular complexity index is 766. The largest absolute Gasteiger partial charge is 0.383 e. The molecule has 0 spiro atoms. The number of aromatic nitrogens is 3. The Balaban J connectivity index is 1.72. The van der Waals surface area contributed by atoms with Crippen molar-refractivity contribution in [2.75, 3.05) is 32.6 Å². The Morgan fingerprint density at radius 1 is 1.33 bits per heavy atom. The maximum atomic E-state index is 12.6. The summed E-state index contributed by atoms with van der Waals surface area (Å²) in [5.41, 5.74) is 0.936. The average Bonchev–Trinajstić information content (AvgIpc) is 3.07. The third-order valence-corrected chi connectivity index (χ3v) is 5.88. The Morgan fingerprint density at radius 2 is 2.11 bits per heavy atom. The van der Waals surface area contributed by atoms with Gasteiger partial charge in [-0.05, 0) is 43.0 Å². The van der Waals surface area contributed by atoms with Crippen molar-refractivity contribution in [2.45, 2.75) is 31.5 Å². The number of benzene rings is 1. The van der Waals surface area contributed by atoms with E-state index < -0.39 is 0 Å². The number of hydrogen-bond acceptors (Lipinski definition) is 5. The second kappa shape index (κ2) is 9.57. The van der Waals surface area contributed by atoms with Crippen LogP contribution in [-0.4, -0.2) is 58.1 Å². The fraction of sp³-hybridized carbons (Fsp3) is 0.526. The number of hydrogen-bond donors (Lipinski definition) is 0. The van der Waals surface area contributed by atoms with Crippen LogP contribution >= 0.6 is 23.4 Å². The molecular weight excluding hydrogens is 384 g/mol. The second-order valence-electron chi connectivity index (χ2n) is 6.83. The van der Waals surface area contributed by atoms with Gasteiger partial charge in [0.2, 0.25) is 5.91 Å². The Hall–Kier alpha value is -1.57. The zero-order chi connectivity index (χ0) is 19.2. The first-order valence-electron chi connectivity index (χ1n) is 9.17. The molecule has 1 aliphatic rings. The van der Waals surface area contributed by atoms with Gasteiger partial charge in [-0.25, -0.2) is 0 Å². The molecule has 1 fully saturated rings. The van der Waals surface area contributed by atoms with Crippen LogP contribution in [0.25, 0.3) is 11.4 Å². The van der Waals surface area contributed by atoms with Crippen molar-refractivity contribution < 1.29 is 9.53 Å². The number of amides is 1. The fourth-order valence-corrected chi connectivity index (χ4v) is 4.22. The van der Waals surface area contributed by atoms with E-state index in [2.05, 4.69) is 17.1 Å². The van der Waals surface area contributed by atoms with Gasteiger partial charge in [-0.15, -0.1) is 10.2 Å². The van der Waals surface area contributed by atoms with Gasteiger partial charge in [0.25, 0.3) is 0 Å². The number of carbonyl (C=O) groups is 1. The Morgan fingerprint density at radius 3 is 2.81 bits per heavy atom. The molecule has 8 heteroatoms. The molecule has 27 heavy (non-hydrogen) atoms. The lowest BCUT2D eigenvalue weighted by atomic mass is 10.0. The molecule has 3 rings (SSSR count). The van der Waals surface area contributed by atoms with E-state index in [1.165, 1.54) is 18.2 Å². The molecule has 1 saturated heterocycles. The third kappa shape index (κ3) is 5.24. The zero-order valence-corrected chi connectivity index (χ0v) is 17.3. The molecule has 0 N–H and O–H groups in total. The molecule has 1 atom stereocenters. The van der Waals surface area contributed by atoms with Crippen LogP contribution in [0.5, 0.6) is 0 Å². The highest BCUT2D eigenvalue weighted by Gasteiger charge is 2.22. The maximum absolute atomic E-state index is 12.6. The minimum atomic E-state index is 0.167. The maximum Gasteiger partial charge on any atom is 0.233 e. The average molecular weight is 409 g/mol. The lowest BCUT2D eigenvalue weighted by molar-refractivity contribution is -0.130. The smallest absolute Gasteiger partial charge is 0.233 e. The summed E-state index contributed by atoms with van der Waals surface area (Å²) in [6.45, 7) is 5.08. The first kappa shape index (κ1) is 20.2. The molecule has 0 bridgehead atoms. The van der Waals surface area contributed by atoms with Gasteiger partial charge >= 0.3 is 0 Å².